The van der Waals surface area contributed by atoms with E-state index in [-0.39, 0.29) is 23.8 Å². The van der Waals surface area contributed by atoms with Gasteiger partial charge in [0.25, 0.3) is 0 Å². The van der Waals surface area contributed by atoms with Crippen molar-refractivity contribution in [3.8, 4) is 0 Å². The SMILES string of the molecule is C[C@@]1(NC(=O)Cc2coc3ccc4ccccc4c23)CCS(=O)(=O)C1. The molecule has 2 aromatic carbocycles. The van der Waals surface area contributed by atoms with Crippen LogP contribution >= 0.6 is 0 Å². The Bertz CT molecular complexity index is 1080. The smallest absolute Gasteiger partial charge is 0.225 e. The van der Waals surface area contributed by atoms with Crippen LogP contribution in [0.25, 0.3) is 21.7 Å². The molecule has 0 unspecified atom stereocenters. The van der Waals surface area contributed by atoms with Crippen LogP contribution in [0.2, 0.25) is 0 Å². The van der Waals surface area contributed by atoms with Crippen LogP contribution in [-0.2, 0) is 21.1 Å². The first-order valence-electron chi connectivity index (χ1n) is 8.25. The van der Waals surface area contributed by atoms with Crippen LogP contribution in [0.15, 0.2) is 47.1 Å². The molecule has 1 saturated heterocycles. The summed E-state index contributed by atoms with van der Waals surface area (Å²) in [6.45, 7) is 1.79. The molecule has 0 aliphatic carbocycles. The number of nitrogens with one attached hydrogen (secondary N) is 1. The van der Waals surface area contributed by atoms with Gasteiger partial charge < -0.3 is 9.73 Å². The van der Waals surface area contributed by atoms with Crippen molar-refractivity contribution in [2.75, 3.05) is 11.5 Å². The number of furan rings is 1. The molecular formula is C19H19NO4S. The van der Waals surface area contributed by atoms with Crippen LogP contribution in [0, 0.1) is 0 Å². The molecule has 1 fully saturated rings. The minimum Gasteiger partial charge on any atom is -0.464 e. The second-order valence-corrected chi connectivity index (χ2v) is 9.23. The Morgan fingerprint density at radius 3 is 2.80 bits per heavy atom. The minimum absolute atomic E-state index is 0.000799. The molecule has 1 amide bonds. The zero-order chi connectivity index (χ0) is 17.7. The number of hydrogen-bond acceptors (Lipinski definition) is 4. The van der Waals surface area contributed by atoms with Crippen molar-refractivity contribution < 1.29 is 17.6 Å². The second-order valence-electron chi connectivity index (χ2n) is 7.05. The van der Waals surface area contributed by atoms with E-state index in [1.807, 2.05) is 36.4 Å². The van der Waals surface area contributed by atoms with Crippen molar-refractivity contribution in [2.24, 2.45) is 0 Å². The fourth-order valence-electron chi connectivity index (χ4n) is 3.67. The number of fused-ring (bicyclic) bond motifs is 3. The highest BCUT2D eigenvalue weighted by molar-refractivity contribution is 7.91. The van der Waals surface area contributed by atoms with Crippen molar-refractivity contribution in [2.45, 2.75) is 25.3 Å². The molecule has 5 nitrogen and oxygen atoms in total. The minimum atomic E-state index is -3.06. The summed E-state index contributed by atoms with van der Waals surface area (Å²) in [6, 6.07) is 11.9. The summed E-state index contributed by atoms with van der Waals surface area (Å²) in [7, 11) is -3.06. The number of sulfone groups is 1. The predicted molar refractivity (Wildman–Crippen MR) is 97.2 cm³/mol. The monoisotopic (exact) mass is 357 g/mol. The Labute approximate surface area is 145 Å². The van der Waals surface area contributed by atoms with Crippen LogP contribution in [0.5, 0.6) is 0 Å². The summed E-state index contributed by atoms with van der Waals surface area (Å²) in [4.78, 5) is 12.5. The van der Waals surface area contributed by atoms with Crippen molar-refractivity contribution in [1.82, 2.24) is 5.32 Å². The van der Waals surface area contributed by atoms with E-state index in [0.29, 0.717) is 6.42 Å². The highest BCUT2D eigenvalue weighted by Gasteiger charge is 2.39. The molecule has 2 heterocycles. The highest BCUT2D eigenvalue weighted by Crippen LogP contribution is 2.30. The van der Waals surface area contributed by atoms with Gasteiger partial charge in [-0.15, -0.1) is 0 Å². The lowest BCUT2D eigenvalue weighted by molar-refractivity contribution is -0.121. The summed E-state index contributed by atoms with van der Waals surface area (Å²) in [6.07, 6.45) is 2.23. The van der Waals surface area contributed by atoms with Gasteiger partial charge in [-0.25, -0.2) is 8.42 Å². The van der Waals surface area contributed by atoms with E-state index in [1.165, 1.54) is 0 Å². The van der Waals surface area contributed by atoms with Crippen LogP contribution in [-0.4, -0.2) is 31.4 Å². The normalized spacial score (nSPS) is 22.4. The van der Waals surface area contributed by atoms with Crippen molar-refractivity contribution in [3.63, 3.8) is 0 Å². The molecule has 1 atom stereocenters. The summed E-state index contributed by atoms with van der Waals surface area (Å²) < 4.78 is 29.0. The third-order valence-electron chi connectivity index (χ3n) is 4.84. The van der Waals surface area contributed by atoms with Gasteiger partial charge in [-0.1, -0.05) is 30.3 Å². The van der Waals surface area contributed by atoms with E-state index in [4.69, 9.17) is 4.42 Å². The van der Waals surface area contributed by atoms with Gasteiger partial charge in [0.15, 0.2) is 9.84 Å². The number of amides is 1. The van der Waals surface area contributed by atoms with Gasteiger partial charge in [0.05, 0.1) is 29.7 Å². The average molecular weight is 357 g/mol. The van der Waals surface area contributed by atoms with Crippen molar-refractivity contribution in [1.29, 1.82) is 0 Å². The number of carbonyl (C=O) groups is 1. The summed E-state index contributed by atoms with van der Waals surface area (Å²) in [5.41, 5.74) is 0.877. The molecule has 0 saturated carbocycles. The number of rotatable bonds is 3. The third kappa shape index (κ3) is 3.02. The third-order valence-corrected chi connectivity index (χ3v) is 6.74. The predicted octanol–water partition coefficient (Wildman–Crippen LogP) is 2.82. The fraction of sp³-hybridized carbons (Fsp3) is 0.316. The summed E-state index contributed by atoms with van der Waals surface area (Å²) in [5.74, 6) is -0.0561. The van der Waals surface area contributed by atoms with E-state index in [0.717, 1.165) is 27.3 Å². The largest absolute Gasteiger partial charge is 0.464 e. The molecule has 6 heteroatoms. The number of benzene rings is 2. The Hall–Kier alpha value is -2.34. The molecule has 130 valence electrons. The van der Waals surface area contributed by atoms with Crippen LogP contribution < -0.4 is 5.32 Å². The topological polar surface area (TPSA) is 76.4 Å². The van der Waals surface area contributed by atoms with Gasteiger partial charge in [0.2, 0.25) is 5.91 Å². The van der Waals surface area contributed by atoms with Gasteiger partial charge in [-0.3, -0.25) is 4.79 Å². The number of carbonyl (C=O) groups excluding carboxylic acids is 1. The lowest BCUT2D eigenvalue weighted by Crippen LogP contribution is -2.47. The lowest BCUT2D eigenvalue weighted by Gasteiger charge is -2.23. The Morgan fingerprint density at radius 2 is 2.04 bits per heavy atom. The van der Waals surface area contributed by atoms with Crippen LogP contribution in [0.4, 0.5) is 0 Å². The summed E-state index contributed by atoms with van der Waals surface area (Å²) in [5, 5.41) is 5.98. The Balaban J connectivity index is 1.63. The maximum Gasteiger partial charge on any atom is 0.225 e. The van der Waals surface area contributed by atoms with E-state index < -0.39 is 15.4 Å². The fourth-order valence-corrected chi connectivity index (χ4v) is 5.76. The Kier molecular flexibility index (Phi) is 3.61. The lowest BCUT2D eigenvalue weighted by atomic mass is 10.00. The molecule has 0 radical (unpaired) electrons. The second kappa shape index (κ2) is 5.59. The molecule has 0 bridgehead atoms. The first-order chi connectivity index (χ1) is 11.9. The van der Waals surface area contributed by atoms with E-state index in [9.17, 15) is 13.2 Å². The maximum atomic E-state index is 12.5. The van der Waals surface area contributed by atoms with Crippen molar-refractivity contribution in [3.05, 3.63) is 48.2 Å². The number of hydrogen-bond donors (Lipinski definition) is 1. The first-order valence-corrected chi connectivity index (χ1v) is 10.1. The molecular weight excluding hydrogens is 338 g/mol. The van der Waals surface area contributed by atoms with Gasteiger partial charge in [0.1, 0.15) is 5.58 Å². The van der Waals surface area contributed by atoms with E-state index in [2.05, 4.69) is 5.32 Å². The molecule has 1 aliphatic rings. The first kappa shape index (κ1) is 16.1. The van der Waals surface area contributed by atoms with Gasteiger partial charge in [0, 0.05) is 10.9 Å². The van der Waals surface area contributed by atoms with Gasteiger partial charge >= 0.3 is 0 Å². The van der Waals surface area contributed by atoms with Crippen molar-refractivity contribution >= 4 is 37.5 Å². The molecule has 0 spiro atoms. The summed E-state index contributed by atoms with van der Waals surface area (Å²) >= 11 is 0. The van der Waals surface area contributed by atoms with Crippen LogP contribution in [0.3, 0.4) is 0 Å². The van der Waals surface area contributed by atoms with E-state index >= 15 is 0 Å². The molecule has 25 heavy (non-hydrogen) atoms. The quantitative estimate of drug-likeness (QED) is 0.782. The van der Waals surface area contributed by atoms with Gasteiger partial charge in [-0.05, 0) is 30.2 Å². The molecule has 4 rings (SSSR count). The zero-order valence-corrected chi connectivity index (χ0v) is 14.7. The molecule has 1 N–H and O–H groups in total. The van der Waals surface area contributed by atoms with Gasteiger partial charge in [-0.2, -0.15) is 0 Å². The standard InChI is InChI=1S/C19H19NO4S/c1-19(8-9-25(22,23)12-19)20-17(21)10-14-11-24-16-7-6-13-4-2-3-5-15(13)18(14)16/h2-7,11H,8-10,12H2,1H3,(H,20,21)/t19-/m1/s1. The molecule has 1 aromatic heterocycles. The van der Waals surface area contributed by atoms with Crippen LogP contribution in [0.1, 0.15) is 18.9 Å². The molecule has 3 aromatic rings. The zero-order valence-electron chi connectivity index (χ0n) is 13.9. The highest BCUT2D eigenvalue weighted by atomic mass is 32.2. The average Bonchev–Trinajstić information content (AvgIpc) is 3.07. The maximum absolute atomic E-state index is 12.5. The Morgan fingerprint density at radius 1 is 1.24 bits per heavy atom. The molecule has 1 aliphatic heterocycles. The van der Waals surface area contributed by atoms with E-state index in [1.54, 1.807) is 13.2 Å².